The van der Waals surface area contributed by atoms with Gasteiger partial charge in [-0.05, 0) is 60.7 Å². The molecule has 170 valence electrons. The van der Waals surface area contributed by atoms with Crippen LogP contribution in [0.4, 0.5) is 13.2 Å². The predicted octanol–water partition coefficient (Wildman–Crippen LogP) is 6.16. The molecular formula is C23H16ClF3N2O3S. The Hall–Kier alpha value is -3.30. The van der Waals surface area contributed by atoms with Crippen molar-refractivity contribution >= 4 is 21.4 Å². The molecule has 10 heteroatoms. The van der Waals surface area contributed by atoms with Gasteiger partial charge in [-0.2, -0.15) is 0 Å². The monoisotopic (exact) mass is 492 g/mol. The van der Waals surface area contributed by atoms with Gasteiger partial charge in [0.15, 0.2) is 9.84 Å². The second-order valence-electron chi connectivity index (χ2n) is 7.14. The molecule has 4 aromatic rings. The van der Waals surface area contributed by atoms with E-state index < -0.39 is 16.2 Å². The average molecular weight is 493 g/mol. The minimum absolute atomic E-state index is 0.172. The molecular weight excluding hydrogens is 477 g/mol. The lowest BCUT2D eigenvalue weighted by Crippen LogP contribution is -2.16. The molecule has 3 aromatic carbocycles. The molecule has 0 spiro atoms. The summed E-state index contributed by atoms with van der Waals surface area (Å²) in [6.07, 6.45) is -1.95. The lowest BCUT2D eigenvalue weighted by atomic mass is 10.1. The predicted molar refractivity (Wildman–Crippen MR) is 119 cm³/mol. The van der Waals surface area contributed by atoms with Gasteiger partial charge in [0.25, 0.3) is 0 Å². The van der Waals surface area contributed by atoms with Crippen LogP contribution in [0.2, 0.25) is 5.02 Å². The van der Waals surface area contributed by atoms with Gasteiger partial charge in [-0.25, -0.2) is 13.4 Å². The number of halogens is 4. The number of benzene rings is 3. The Morgan fingerprint density at radius 2 is 1.58 bits per heavy atom. The van der Waals surface area contributed by atoms with E-state index in [4.69, 9.17) is 11.6 Å². The average Bonchev–Trinajstić information content (AvgIpc) is 3.18. The number of hydrogen-bond acceptors (Lipinski definition) is 4. The van der Waals surface area contributed by atoms with E-state index in [-0.39, 0.29) is 10.6 Å². The molecule has 33 heavy (non-hydrogen) atoms. The van der Waals surface area contributed by atoms with Gasteiger partial charge in [-0.3, -0.25) is 4.57 Å². The van der Waals surface area contributed by atoms with Crippen molar-refractivity contribution in [1.82, 2.24) is 9.55 Å². The van der Waals surface area contributed by atoms with Gasteiger partial charge < -0.3 is 4.74 Å². The first-order chi connectivity index (χ1) is 15.5. The maximum atomic E-state index is 12.4. The van der Waals surface area contributed by atoms with Crippen molar-refractivity contribution in [2.45, 2.75) is 11.3 Å². The Labute approximate surface area is 193 Å². The van der Waals surface area contributed by atoms with E-state index in [1.807, 2.05) is 0 Å². The standard InChI is InChI=1S/C23H16ClF3N2O3S/c1-33(30,31)18-12-8-16(9-13-18)29-14-21(28-22(29)19-4-2-3-5-20(19)24)15-6-10-17(11-7-15)32-23(25,26)27/h2-14H,1H3. The molecule has 0 radical (unpaired) electrons. The lowest BCUT2D eigenvalue weighted by Gasteiger charge is -2.09. The smallest absolute Gasteiger partial charge is 0.406 e. The minimum atomic E-state index is -4.78. The van der Waals surface area contributed by atoms with Gasteiger partial charge in [-0.1, -0.05) is 23.7 Å². The van der Waals surface area contributed by atoms with Gasteiger partial charge in [0.2, 0.25) is 0 Å². The lowest BCUT2D eigenvalue weighted by molar-refractivity contribution is -0.274. The second-order valence-corrected chi connectivity index (χ2v) is 9.56. The van der Waals surface area contributed by atoms with Crippen LogP contribution in [0.1, 0.15) is 0 Å². The van der Waals surface area contributed by atoms with E-state index in [1.54, 1.807) is 47.2 Å². The highest BCUT2D eigenvalue weighted by atomic mass is 35.5. The molecule has 0 unspecified atom stereocenters. The minimum Gasteiger partial charge on any atom is -0.406 e. The third-order valence-corrected chi connectivity index (χ3v) is 6.21. The van der Waals surface area contributed by atoms with Crippen molar-refractivity contribution in [2.75, 3.05) is 6.26 Å². The zero-order chi connectivity index (χ0) is 23.8. The van der Waals surface area contributed by atoms with Crippen LogP contribution in [0.5, 0.6) is 5.75 Å². The first-order valence-corrected chi connectivity index (χ1v) is 11.8. The van der Waals surface area contributed by atoms with E-state index in [1.165, 1.54) is 36.4 Å². The van der Waals surface area contributed by atoms with E-state index in [0.717, 1.165) is 6.26 Å². The summed E-state index contributed by atoms with van der Waals surface area (Å²) in [7, 11) is -3.36. The van der Waals surface area contributed by atoms with E-state index >= 15 is 0 Å². The fourth-order valence-corrected chi connectivity index (χ4v) is 4.08. The number of rotatable bonds is 5. The number of sulfone groups is 1. The molecule has 5 nitrogen and oxygen atoms in total. The second kappa shape index (κ2) is 8.57. The largest absolute Gasteiger partial charge is 0.573 e. The summed E-state index contributed by atoms with van der Waals surface area (Å²) in [4.78, 5) is 4.83. The molecule has 0 fully saturated rings. The van der Waals surface area contributed by atoms with E-state index in [9.17, 15) is 21.6 Å². The number of alkyl halides is 3. The SMILES string of the molecule is CS(=O)(=O)c1ccc(-n2cc(-c3ccc(OC(F)(F)F)cc3)nc2-c2ccccc2Cl)cc1. The molecule has 0 aliphatic heterocycles. The number of aromatic nitrogens is 2. The molecule has 0 atom stereocenters. The Bertz CT molecular complexity index is 1400. The van der Waals surface area contributed by atoms with Gasteiger partial charge in [0, 0.05) is 29.3 Å². The number of ether oxygens (including phenoxy) is 1. The fourth-order valence-electron chi connectivity index (χ4n) is 3.23. The van der Waals surface area contributed by atoms with E-state index in [0.29, 0.717) is 33.4 Å². The number of nitrogens with zero attached hydrogens (tertiary/aromatic N) is 2. The summed E-state index contributed by atoms with van der Waals surface area (Å²) >= 11 is 6.39. The summed E-state index contributed by atoms with van der Waals surface area (Å²) < 4.78 is 66.6. The molecule has 0 bridgehead atoms. The summed E-state index contributed by atoms with van der Waals surface area (Å²) in [5.74, 6) is 0.145. The molecule has 4 rings (SSSR count). The zero-order valence-electron chi connectivity index (χ0n) is 17.0. The van der Waals surface area contributed by atoms with Crippen LogP contribution < -0.4 is 4.74 Å². The van der Waals surface area contributed by atoms with Gasteiger partial charge >= 0.3 is 6.36 Å². The number of hydrogen-bond donors (Lipinski definition) is 0. The summed E-state index contributed by atoms with van der Waals surface area (Å²) in [6.45, 7) is 0. The Morgan fingerprint density at radius 1 is 0.939 bits per heavy atom. The van der Waals surface area contributed by atoms with Crippen LogP contribution in [0.15, 0.2) is 83.9 Å². The van der Waals surface area contributed by atoms with Crippen molar-refractivity contribution < 1.29 is 26.3 Å². The third-order valence-electron chi connectivity index (χ3n) is 4.75. The van der Waals surface area contributed by atoms with Crippen molar-refractivity contribution in [3.63, 3.8) is 0 Å². The zero-order valence-corrected chi connectivity index (χ0v) is 18.6. The maximum Gasteiger partial charge on any atom is 0.573 e. The van der Waals surface area contributed by atoms with Crippen molar-refractivity contribution in [1.29, 1.82) is 0 Å². The molecule has 1 aromatic heterocycles. The molecule has 0 amide bonds. The highest BCUT2D eigenvalue weighted by Gasteiger charge is 2.31. The first-order valence-electron chi connectivity index (χ1n) is 9.52. The third kappa shape index (κ3) is 5.20. The van der Waals surface area contributed by atoms with Crippen LogP contribution in [0.25, 0.3) is 28.3 Å². The topological polar surface area (TPSA) is 61.2 Å². The molecule has 0 aliphatic carbocycles. The van der Waals surface area contributed by atoms with Gasteiger partial charge in [0.1, 0.15) is 11.6 Å². The fraction of sp³-hybridized carbons (Fsp3) is 0.0870. The van der Waals surface area contributed by atoms with Crippen LogP contribution >= 0.6 is 11.6 Å². The molecule has 0 saturated heterocycles. The summed E-state index contributed by atoms with van der Waals surface area (Å²) in [5.41, 5.74) is 2.31. The Kier molecular flexibility index (Phi) is 5.94. The highest BCUT2D eigenvalue weighted by Crippen LogP contribution is 2.33. The highest BCUT2D eigenvalue weighted by molar-refractivity contribution is 7.90. The summed E-state index contributed by atoms with van der Waals surface area (Å²) in [5, 5.41) is 0.456. The summed E-state index contributed by atoms with van der Waals surface area (Å²) in [6, 6.07) is 18.7. The van der Waals surface area contributed by atoms with Crippen molar-refractivity contribution in [3.05, 3.63) is 84.0 Å². The number of imidazole rings is 1. The first kappa shape index (κ1) is 22.9. The molecule has 0 saturated carbocycles. The van der Waals surface area contributed by atoms with Crippen LogP contribution in [-0.4, -0.2) is 30.6 Å². The van der Waals surface area contributed by atoms with Crippen LogP contribution in [0, 0.1) is 0 Å². The normalized spacial score (nSPS) is 12.0. The van der Waals surface area contributed by atoms with Crippen molar-refractivity contribution in [2.24, 2.45) is 0 Å². The van der Waals surface area contributed by atoms with Gasteiger partial charge in [-0.15, -0.1) is 13.2 Å². The molecule has 0 N–H and O–H groups in total. The van der Waals surface area contributed by atoms with Crippen LogP contribution in [-0.2, 0) is 9.84 Å². The van der Waals surface area contributed by atoms with E-state index in [2.05, 4.69) is 9.72 Å². The van der Waals surface area contributed by atoms with Crippen LogP contribution in [0.3, 0.4) is 0 Å². The maximum absolute atomic E-state index is 12.4. The van der Waals surface area contributed by atoms with Gasteiger partial charge in [0.05, 0.1) is 15.6 Å². The Morgan fingerprint density at radius 3 is 2.15 bits per heavy atom. The Balaban J connectivity index is 1.80. The molecule has 0 aliphatic rings. The van der Waals surface area contributed by atoms with Crippen molar-refractivity contribution in [3.8, 4) is 34.1 Å². The quantitative estimate of drug-likeness (QED) is 0.334. The molecule has 1 heterocycles.